The number of amides is 1. The third kappa shape index (κ3) is 4.92. The number of nitrogens with zero attached hydrogens (tertiary/aromatic N) is 5. The van der Waals surface area contributed by atoms with Crippen LogP contribution < -0.4 is 15.8 Å². The smallest absolute Gasteiger partial charge is 0.227 e. The largest absolute Gasteiger partial charge is 0.497 e. The molecule has 0 unspecified atom stereocenters. The second kappa shape index (κ2) is 9.81. The van der Waals surface area contributed by atoms with Crippen LogP contribution in [0.15, 0.2) is 55.1 Å². The summed E-state index contributed by atoms with van der Waals surface area (Å²) < 4.78 is 7.28. The number of fused-ring (bicyclic) bond motifs is 1. The maximum Gasteiger partial charge on any atom is 0.227 e. The van der Waals surface area contributed by atoms with E-state index in [4.69, 9.17) is 10.5 Å². The highest BCUT2D eigenvalue weighted by molar-refractivity contribution is 5.92. The summed E-state index contributed by atoms with van der Waals surface area (Å²) in [5.74, 6) is 7.37. The van der Waals surface area contributed by atoms with Crippen molar-refractivity contribution < 1.29 is 9.53 Å². The van der Waals surface area contributed by atoms with Crippen molar-refractivity contribution in [3.8, 4) is 17.6 Å². The third-order valence-corrected chi connectivity index (χ3v) is 6.25. The topological polar surface area (TPSA) is 121 Å². The molecule has 1 amide bonds. The number of nitrogens with one attached hydrogen (secondary N) is 1. The Morgan fingerprint density at radius 1 is 1.11 bits per heavy atom. The molecule has 3 N–H and O–H groups in total. The Labute approximate surface area is 202 Å². The summed E-state index contributed by atoms with van der Waals surface area (Å²) in [5, 5.41) is 3.01. The highest BCUT2D eigenvalue weighted by atomic mass is 16.5. The zero-order valence-corrected chi connectivity index (χ0v) is 19.3. The summed E-state index contributed by atoms with van der Waals surface area (Å²) in [4.78, 5) is 30.2. The minimum absolute atomic E-state index is 0.0347. The number of carbonyl (C=O) groups is 1. The zero-order chi connectivity index (χ0) is 24.2. The van der Waals surface area contributed by atoms with Gasteiger partial charge >= 0.3 is 0 Å². The predicted molar refractivity (Wildman–Crippen MR) is 133 cm³/mol. The van der Waals surface area contributed by atoms with Gasteiger partial charge in [-0.25, -0.2) is 15.0 Å². The van der Waals surface area contributed by atoms with E-state index in [9.17, 15) is 4.79 Å². The molecule has 5 rings (SSSR count). The Balaban J connectivity index is 1.29. The van der Waals surface area contributed by atoms with Crippen LogP contribution in [0.3, 0.4) is 0 Å². The molecule has 0 saturated heterocycles. The average molecular weight is 468 g/mol. The minimum Gasteiger partial charge on any atom is -0.497 e. The van der Waals surface area contributed by atoms with Crippen LogP contribution in [-0.2, 0) is 4.79 Å². The van der Waals surface area contributed by atoms with Crippen LogP contribution in [0.1, 0.15) is 43.1 Å². The van der Waals surface area contributed by atoms with E-state index >= 15 is 0 Å². The molecule has 0 aliphatic heterocycles. The van der Waals surface area contributed by atoms with Crippen LogP contribution in [0.25, 0.3) is 11.2 Å². The number of rotatable bonds is 4. The van der Waals surface area contributed by atoms with Gasteiger partial charge in [-0.1, -0.05) is 12.0 Å². The van der Waals surface area contributed by atoms with Gasteiger partial charge in [0, 0.05) is 41.7 Å². The van der Waals surface area contributed by atoms with Crippen LogP contribution in [0.4, 0.5) is 11.5 Å². The van der Waals surface area contributed by atoms with Crippen molar-refractivity contribution in [1.29, 1.82) is 0 Å². The van der Waals surface area contributed by atoms with Crippen LogP contribution in [0, 0.1) is 17.8 Å². The number of nitrogens with two attached hydrogens (primary N) is 1. The van der Waals surface area contributed by atoms with Gasteiger partial charge in [0.2, 0.25) is 11.7 Å². The van der Waals surface area contributed by atoms with E-state index in [-0.39, 0.29) is 17.9 Å². The molecule has 176 valence electrons. The van der Waals surface area contributed by atoms with Gasteiger partial charge in [0.25, 0.3) is 0 Å². The molecule has 1 aliphatic carbocycles. The zero-order valence-electron chi connectivity index (χ0n) is 19.3. The maximum absolute atomic E-state index is 12.8. The molecule has 9 nitrogen and oxygen atoms in total. The minimum atomic E-state index is -0.0475. The van der Waals surface area contributed by atoms with Gasteiger partial charge in [-0.3, -0.25) is 9.78 Å². The summed E-state index contributed by atoms with van der Waals surface area (Å²) in [6, 6.07) is 11.2. The van der Waals surface area contributed by atoms with E-state index in [1.807, 2.05) is 41.0 Å². The van der Waals surface area contributed by atoms with E-state index in [0.29, 0.717) is 28.6 Å². The van der Waals surface area contributed by atoms with E-state index < -0.39 is 0 Å². The molecular formula is C26H25N7O2. The monoisotopic (exact) mass is 467 g/mol. The molecule has 1 fully saturated rings. The second-order valence-corrected chi connectivity index (χ2v) is 8.47. The highest BCUT2D eigenvalue weighted by Gasteiger charge is 2.28. The van der Waals surface area contributed by atoms with Gasteiger partial charge < -0.3 is 20.4 Å². The van der Waals surface area contributed by atoms with Crippen molar-refractivity contribution in [3.63, 3.8) is 0 Å². The first-order valence-corrected chi connectivity index (χ1v) is 11.5. The molecule has 0 bridgehead atoms. The van der Waals surface area contributed by atoms with Crippen molar-refractivity contribution in [3.05, 3.63) is 66.5 Å². The average Bonchev–Trinajstić information content (AvgIpc) is 3.33. The first-order chi connectivity index (χ1) is 17.1. The maximum atomic E-state index is 12.8. The number of nitrogen functional groups attached to an aromatic ring is 1. The number of hydrogen-bond acceptors (Lipinski definition) is 7. The number of pyridine rings is 1. The van der Waals surface area contributed by atoms with Gasteiger partial charge in [0.05, 0.1) is 13.4 Å². The fourth-order valence-electron chi connectivity index (χ4n) is 4.39. The lowest BCUT2D eigenvalue weighted by molar-refractivity contribution is -0.120. The van der Waals surface area contributed by atoms with E-state index in [2.05, 4.69) is 37.1 Å². The Morgan fingerprint density at radius 3 is 2.69 bits per heavy atom. The van der Waals surface area contributed by atoms with Crippen molar-refractivity contribution in [1.82, 2.24) is 24.5 Å². The number of aromatic nitrogens is 5. The third-order valence-electron chi connectivity index (χ3n) is 6.25. The van der Waals surface area contributed by atoms with Gasteiger partial charge in [0.1, 0.15) is 11.3 Å². The summed E-state index contributed by atoms with van der Waals surface area (Å²) in [6.07, 6.45) is 8.35. The van der Waals surface area contributed by atoms with Crippen molar-refractivity contribution in [2.24, 2.45) is 5.92 Å². The molecule has 4 aromatic rings. The van der Waals surface area contributed by atoms with E-state index in [1.54, 1.807) is 25.8 Å². The first kappa shape index (κ1) is 22.3. The second-order valence-electron chi connectivity index (χ2n) is 8.47. The van der Waals surface area contributed by atoms with Crippen molar-refractivity contribution >= 4 is 28.6 Å². The Morgan fingerprint density at radius 2 is 1.91 bits per heavy atom. The number of imidazole rings is 1. The van der Waals surface area contributed by atoms with Crippen LogP contribution >= 0.6 is 0 Å². The van der Waals surface area contributed by atoms with E-state index in [0.717, 1.165) is 36.9 Å². The summed E-state index contributed by atoms with van der Waals surface area (Å²) in [6.45, 7) is 0. The molecule has 1 saturated carbocycles. The number of ether oxygens (including phenoxy) is 1. The van der Waals surface area contributed by atoms with Gasteiger partial charge in [-0.05, 0) is 55.9 Å². The van der Waals surface area contributed by atoms with Crippen LogP contribution in [-0.4, -0.2) is 37.5 Å². The Hall–Kier alpha value is -4.45. The van der Waals surface area contributed by atoms with Gasteiger partial charge in [-0.15, -0.1) is 0 Å². The molecular weight excluding hydrogens is 442 g/mol. The van der Waals surface area contributed by atoms with Crippen LogP contribution in [0.5, 0.6) is 5.75 Å². The Bertz CT molecular complexity index is 1410. The fourth-order valence-corrected chi connectivity index (χ4v) is 4.39. The molecule has 1 aromatic carbocycles. The number of hydrogen-bond donors (Lipinski definition) is 2. The molecule has 35 heavy (non-hydrogen) atoms. The SMILES string of the molecule is COc1cccc(NC(=O)C2CCC(n3cnc4c(N)nc(C#Cc5ccncc5)nc43)CC2)c1. The van der Waals surface area contributed by atoms with Gasteiger partial charge in [-0.2, -0.15) is 0 Å². The molecule has 9 heteroatoms. The standard InChI is InChI=1S/C26H25N7O2/c1-35-21-4-2-3-19(15-21)30-26(34)18-6-8-20(9-7-18)33-16-29-23-24(27)31-22(32-25(23)33)10-5-17-11-13-28-14-12-17/h2-4,11-16,18,20H,6-9H2,1H3,(H,30,34)(H2,27,31,32). The number of anilines is 2. The molecule has 0 atom stereocenters. The predicted octanol–water partition coefficient (Wildman–Crippen LogP) is 3.58. The molecule has 0 spiro atoms. The summed E-state index contributed by atoms with van der Waals surface area (Å²) in [5.41, 5.74) is 8.95. The van der Waals surface area contributed by atoms with Crippen LogP contribution in [0.2, 0.25) is 0 Å². The molecule has 3 heterocycles. The summed E-state index contributed by atoms with van der Waals surface area (Å²) >= 11 is 0. The fraction of sp³-hybridized carbons (Fsp3) is 0.269. The lowest BCUT2D eigenvalue weighted by atomic mass is 9.85. The van der Waals surface area contributed by atoms with Crippen molar-refractivity contribution in [2.45, 2.75) is 31.7 Å². The first-order valence-electron chi connectivity index (χ1n) is 11.5. The Kier molecular flexibility index (Phi) is 6.26. The number of methoxy groups -OCH3 is 1. The summed E-state index contributed by atoms with van der Waals surface area (Å²) in [7, 11) is 1.61. The normalized spacial score (nSPS) is 17.4. The molecule has 0 radical (unpaired) electrons. The van der Waals surface area contributed by atoms with Crippen molar-refractivity contribution in [2.75, 3.05) is 18.2 Å². The lowest BCUT2D eigenvalue weighted by Crippen LogP contribution is -2.28. The van der Waals surface area contributed by atoms with Gasteiger partial charge in [0.15, 0.2) is 11.5 Å². The quantitative estimate of drug-likeness (QED) is 0.440. The number of benzene rings is 1. The molecule has 3 aromatic heterocycles. The highest BCUT2D eigenvalue weighted by Crippen LogP contribution is 2.35. The molecule has 1 aliphatic rings. The lowest BCUT2D eigenvalue weighted by Gasteiger charge is -2.28. The number of carbonyl (C=O) groups excluding carboxylic acids is 1. The van der Waals surface area contributed by atoms with E-state index in [1.165, 1.54) is 0 Å².